The van der Waals surface area contributed by atoms with Crippen molar-refractivity contribution >= 4 is 23.2 Å². The van der Waals surface area contributed by atoms with Crippen LogP contribution >= 0.6 is 23.2 Å². The number of aromatic nitrogens is 2. The lowest BCUT2D eigenvalue weighted by molar-refractivity contribution is 0.798. The predicted molar refractivity (Wildman–Crippen MR) is 74.1 cm³/mol. The number of nitrogens with one attached hydrogen (secondary N) is 1. The summed E-state index contributed by atoms with van der Waals surface area (Å²) < 4.78 is 0. The molecule has 1 heterocycles. The molecule has 0 radical (unpaired) electrons. The van der Waals surface area contributed by atoms with Gasteiger partial charge in [-0.25, -0.2) is 9.97 Å². The molecule has 0 aliphatic rings. The summed E-state index contributed by atoms with van der Waals surface area (Å²) in [5, 5.41) is 4.17. The summed E-state index contributed by atoms with van der Waals surface area (Å²) in [7, 11) is 1.89. The van der Waals surface area contributed by atoms with Crippen molar-refractivity contribution in [3.63, 3.8) is 0 Å². The SMILES string of the molecule is CNCc1cnc(Cc2ccc(Cl)c(Cl)c2)nc1. The van der Waals surface area contributed by atoms with E-state index in [9.17, 15) is 0 Å². The van der Waals surface area contributed by atoms with Gasteiger partial charge in [-0.15, -0.1) is 0 Å². The third-order valence-electron chi connectivity index (χ3n) is 2.49. The third kappa shape index (κ3) is 3.42. The summed E-state index contributed by atoms with van der Waals surface area (Å²) in [4.78, 5) is 8.63. The highest BCUT2D eigenvalue weighted by molar-refractivity contribution is 6.42. The lowest BCUT2D eigenvalue weighted by Gasteiger charge is -2.04. The molecule has 0 amide bonds. The number of hydrogen-bond donors (Lipinski definition) is 1. The van der Waals surface area contributed by atoms with E-state index in [-0.39, 0.29) is 0 Å². The maximum absolute atomic E-state index is 5.97. The van der Waals surface area contributed by atoms with E-state index in [1.807, 2.05) is 31.6 Å². The van der Waals surface area contributed by atoms with Crippen molar-refractivity contribution in [3.8, 4) is 0 Å². The van der Waals surface area contributed by atoms with Crippen molar-refractivity contribution in [1.82, 2.24) is 15.3 Å². The third-order valence-corrected chi connectivity index (χ3v) is 3.22. The topological polar surface area (TPSA) is 37.8 Å². The maximum Gasteiger partial charge on any atom is 0.132 e. The van der Waals surface area contributed by atoms with Gasteiger partial charge in [-0.05, 0) is 24.7 Å². The van der Waals surface area contributed by atoms with Gasteiger partial charge in [0.25, 0.3) is 0 Å². The Hall–Kier alpha value is -1.16. The zero-order valence-corrected chi connectivity index (χ0v) is 11.5. The van der Waals surface area contributed by atoms with Crippen LogP contribution in [0.1, 0.15) is 17.0 Å². The molecule has 0 bridgehead atoms. The van der Waals surface area contributed by atoms with Crippen molar-refractivity contribution in [2.45, 2.75) is 13.0 Å². The van der Waals surface area contributed by atoms with Gasteiger partial charge < -0.3 is 5.32 Å². The molecule has 0 saturated carbocycles. The highest BCUT2D eigenvalue weighted by atomic mass is 35.5. The van der Waals surface area contributed by atoms with E-state index in [4.69, 9.17) is 23.2 Å². The molecule has 1 N–H and O–H groups in total. The number of nitrogens with zero attached hydrogens (tertiary/aromatic N) is 2. The first kappa shape index (κ1) is 13.3. The summed E-state index contributed by atoms with van der Waals surface area (Å²) >= 11 is 11.8. The van der Waals surface area contributed by atoms with Crippen LogP contribution in [0.15, 0.2) is 30.6 Å². The van der Waals surface area contributed by atoms with Gasteiger partial charge in [-0.1, -0.05) is 29.3 Å². The van der Waals surface area contributed by atoms with Gasteiger partial charge in [0.05, 0.1) is 10.0 Å². The monoisotopic (exact) mass is 281 g/mol. The Bertz CT molecular complexity index is 526. The minimum absolute atomic E-state index is 0.556. The zero-order chi connectivity index (χ0) is 13.0. The van der Waals surface area contributed by atoms with Gasteiger partial charge in [0.15, 0.2) is 0 Å². The number of rotatable bonds is 4. The van der Waals surface area contributed by atoms with Gasteiger partial charge in [0.2, 0.25) is 0 Å². The Kier molecular flexibility index (Phi) is 4.53. The minimum Gasteiger partial charge on any atom is -0.316 e. The molecule has 1 aromatic heterocycles. The van der Waals surface area contributed by atoms with Crippen LogP contribution in [0.2, 0.25) is 10.0 Å². The van der Waals surface area contributed by atoms with Crippen LogP contribution in [0.4, 0.5) is 0 Å². The molecule has 5 heteroatoms. The molecule has 0 fully saturated rings. The van der Waals surface area contributed by atoms with E-state index >= 15 is 0 Å². The standard InChI is InChI=1S/C13H13Cl2N3/c1-16-6-10-7-17-13(18-8-10)5-9-2-3-11(14)12(15)4-9/h2-4,7-8,16H,5-6H2,1H3. The van der Waals surface area contributed by atoms with Crippen LogP contribution in [-0.4, -0.2) is 17.0 Å². The van der Waals surface area contributed by atoms with Gasteiger partial charge in [-0.2, -0.15) is 0 Å². The Balaban J connectivity index is 2.10. The molecule has 0 atom stereocenters. The number of hydrogen-bond acceptors (Lipinski definition) is 3. The summed E-state index contributed by atoms with van der Waals surface area (Å²) in [5.41, 5.74) is 2.11. The predicted octanol–water partition coefficient (Wildman–Crippen LogP) is 3.09. The largest absolute Gasteiger partial charge is 0.316 e. The van der Waals surface area contributed by atoms with Crippen molar-refractivity contribution in [2.24, 2.45) is 0 Å². The molecule has 0 spiro atoms. The van der Waals surface area contributed by atoms with E-state index < -0.39 is 0 Å². The van der Waals surface area contributed by atoms with E-state index in [2.05, 4.69) is 15.3 Å². The van der Waals surface area contributed by atoms with E-state index in [0.717, 1.165) is 23.5 Å². The number of benzene rings is 1. The van der Waals surface area contributed by atoms with Crippen LogP contribution < -0.4 is 5.32 Å². The highest BCUT2D eigenvalue weighted by Gasteiger charge is 2.03. The minimum atomic E-state index is 0.556. The summed E-state index contributed by atoms with van der Waals surface area (Å²) in [6, 6.07) is 5.56. The van der Waals surface area contributed by atoms with Crippen molar-refractivity contribution in [1.29, 1.82) is 0 Å². The second-order valence-corrected chi connectivity index (χ2v) is 4.78. The van der Waals surface area contributed by atoms with Crippen molar-refractivity contribution in [2.75, 3.05) is 7.05 Å². The molecule has 18 heavy (non-hydrogen) atoms. The van der Waals surface area contributed by atoms with E-state index in [1.165, 1.54) is 0 Å². The molecule has 2 rings (SSSR count). The van der Waals surface area contributed by atoms with Crippen molar-refractivity contribution in [3.05, 3.63) is 57.6 Å². The molecule has 0 aliphatic carbocycles. The highest BCUT2D eigenvalue weighted by Crippen LogP contribution is 2.23. The first-order chi connectivity index (χ1) is 8.69. The van der Waals surface area contributed by atoms with E-state index in [0.29, 0.717) is 16.5 Å². The first-order valence-electron chi connectivity index (χ1n) is 5.57. The van der Waals surface area contributed by atoms with E-state index in [1.54, 1.807) is 6.07 Å². The van der Waals surface area contributed by atoms with Gasteiger partial charge in [0, 0.05) is 30.9 Å². The molecule has 2 aromatic rings. The Morgan fingerprint density at radius 2 is 1.78 bits per heavy atom. The van der Waals surface area contributed by atoms with Crippen LogP contribution in [0.25, 0.3) is 0 Å². The lowest BCUT2D eigenvalue weighted by atomic mass is 10.1. The maximum atomic E-state index is 5.97. The molecule has 3 nitrogen and oxygen atoms in total. The average Bonchev–Trinajstić information content (AvgIpc) is 2.37. The van der Waals surface area contributed by atoms with Crippen LogP contribution in [-0.2, 0) is 13.0 Å². The second kappa shape index (κ2) is 6.14. The molecule has 0 aliphatic heterocycles. The molecule has 94 valence electrons. The summed E-state index contributed by atoms with van der Waals surface area (Å²) in [6.45, 7) is 0.771. The molecule has 0 saturated heterocycles. The quantitative estimate of drug-likeness (QED) is 0.936. The lowest BCUT2D eigenvalue weighted by Crippen LogP contribution is -2.07. The normalized spacial score (nSPS) is 10.6. The van der Waals surface area contributed by atoms with Gasteiger partial charge in [-0.3, -0.25) is 0 Å². The summed E-state index contributed by atoms with van der Waals surface area (Å²) in [5.74, 6) is 0.772. The van der Waals surface area contributed by atoms with Crippen molar-refractivity contribution < 1.29 is 0 Å². The smallest absolute Gasteiger partial charge is 0.132 e. The first-order valence-corrected chi connectivity index (χ1v) is 6.33. The number of halogens is 2. The molecule has 1 aromatic carbocycles. The van der Waals surface area contributed by atoms with Gasteiger partial charge in [0.1, 0.15) is 5.82 Å². The van der Waals surface area contributed by atoms with Gasteiger partial charge >= 0.3 is 0 Å². The zero-order valence-electron chi connectivity index (χ0n) is 9.95. The van der Waals surface area contributed by atoms with Crippen LogP contribution in [0.5, 0.6) is 0 Å². The molecular formula is C13H13Cl2N3. The van der Waals surface area contributed by atoms with Crippen LogP contribution in [0, 0.1) is 0 Å². The second-order valence-electron chi connectivity index (χ2n) is 3.96. The fraction of sp³-hybridized carbons (Fsp3) is 0.231. The summed E-state index contributed by atoms with van der Waals surface area (Å²) in [6.07, 6.45) is 4.31. The Morgan fingerprint density at radius 3 is 2.39 bits per heavy atom. The fourth-order valence-electron chi connectivity index (χ4n) is 1.60. The fourth-order valence-corrected chi connectivity index (χ4v) is 1.92. The Labute approximate surface area is 116 Å². The van der Waals surface area contributed by atoms with Crippen LogP contribution in [0.3, 0.4) is 0 Å². The molecular weight excluding hydrogens is 269 g/mol. The Morgan fingerprint density at radius 1 is 1.06 bits per heavy atom. The molecule has 0 unspecified atom stereocenters. The average molecular weight is 282 g/mol.